The number of anilines is 2. The van der Waals surface area contributed by atoms with E-state index in [0.717, 1.165) is 48.5 Å². The number of benzene rings is 2. The average molecular weight is 458 g/mol. The summed E-state index contributed by atoms with van der Waals surface area (Å²) in [6.07, 6.45) is 3.33. The smallest absolute Gasteiger partial charge is 0.257 e. The molecule has 174 valence electrons. The van der Waals surface area contributed by atoms with E-state index in [2.05, 4.69) is 20.6 Å². The quantitative estimate of drug-likeness (QED) is 0.533. The topological polar surface area (TPSA) is 70.2 Å². The molecular weight excluding hydrogens is 431 g/mol. The number of amides is 1. The Morgan fingerprint density at radius 2 is 1.70 bits per heavy atom. The summed E-state index contributed by atoms with van der Waals surface area (Å²) in [4.78, 5) is 23.5. The zero-order chi connectivity index (χ0) is 23.5. The summed E-state index contributed by atoms with van der Waals surface area (Å²) in [5, 5.41) is 6.95. The molecule has 2 aromatic carbocycles. The SMILES string of the molecule is CN(C)c1nc(NC2CCC(CNC(=O)c3c(F)ccc(F)c3F)CC2)nc2ccccc12. The van der Waals surface area contributed by atoms with Crippen molar-refractivity contribution in [2.75, 3.05) is 30.9 Å². The van der Waals surface area contributed by atoms with Crippen LogP contribution in [0.1, 0.15) is 36.0 Å². The Bertz CT molecular complexity index is 1160. The number of fused-ring (bicyclic) bond motifs is 1. The first-order chi connectivity index (χ1) is 15.8. The Morgan fingerprint density at radius 1 is 1.00 bits per heavy atom. The van der Waals surface area contributed by atoms with Gasteiger partial charge in [0, 0.05) is 32.1 Å². The van der Waals surface area contributed by atoms with Crippen LogP contribution in [0.25, 0.3) is 10.9 Å². The molecule has 3 aromatic rings. The zero-order valence-electron chi connectivity index (χ0n) is 18.5. The second-order valence-electron chi connectivity index (χ2n) is 8.57. The van der Waals surface area contributed by atoms with Gasteiger partial charge in [0.2, 0.25) is 5.95 Å². The average Bonchev–Trinajstić information content (AvgIpc) is 2.80. The number of nitrogens with zero attached hydrogens (tertiary/aromatic N) is 3. The van der Waals surface area contributed by atoms with E-state index >= 15 is 0 Å². The lowest BCUT2D eigenvalue weighted by atomic mass is 9.86. The molecule has 1 heterocycles. The van der Waals surface area contributed by atoms with Crippen LogP contribution in [0.15, 0.2) is 36.4 Å². The maximum Gasteiger partial charge on any atom is 0.257 e. The lowest BCUT2D eigenvalue weighted by Crippen LogP contribution is -2.35. The van der Waals surface area contributed by atoms with Gasteiger partial charge in [-0.05, 0) is 55.9 Å². The molecule has 0 saturated heterocycles. The second kappa shape index (κ2) is 9.64. The molecule has 0 atom stereocenters. The maximum absolute atomic E-state index is 13.8. The fourth-order valence-electron chi connectivity index (χ4n) is 4.22. The third-order valence-corrected chi connectivity index (χ3v) is 6.01. The third kappa shape index (κ3) is 5.02. The van der Waals surface area contributed by atoms with Gasteiger partial charge in [-0.3, -0.25) is 4.79 Å². The van der Waals surface area contributed by atoms with E-state index in [9.17, 15) is 18.0 Å². The van der Waals surface area contributed by atoms with Crippen molar-refractivity contribution in [2.45, 2.75) is 31.7 Å². The number of hydrogen-bond acceptors (Lipinski definition) is 5. The largest absolute Gasteiger partial charge is 0.362 e. The van der Waals surface area contributed by atoms with Crippen LogP contribution in [0, 0.1) is 23.4 Å². The van der Waals surface area contributed by atoms with Crippen molar-refractivity contribution in [3.63, 3.8) is 0 Å². The van der Waals surface area contributed by atoms with Crippen LogP contribution in [-0.2, 0) is 0 Å². The molecule has 2 N–H and O–H groups in total. The normalized spacial score (nSPS) is 18.2. The molecule has 0 unspecified atom stereocenters. The van der Waals surface area contributed by atoms with Crippen molar-refractivity contribution in [3.8, 4) is 0 Å². The Labute approximate surface area is 190 Å². The number of para-hydroxylation sites is 1. The summed E-state index contributed by atoms with van der Waals surface area (Å²) in [7, 11) is 3.89. The summed E-state index contributed by atoms with van der Waals surface area (Å²) in [6.45, 7) is 0.276. The standard InChI is InChI=1S/C24H26F3N5O/c1-32(2)22-16-5-3-4-6-19(16)30-24(31-22)29-15-9-7-14(8-10-15)13-28-23(33)20-17(25)11-12-18(26)21(20)27/h3-6,11-12,14-15H,7-10,13H2,1-2H3,(H,28,33)(H,29,30,31). The molecule has 33 heavy (non-hydrogen) atoms. The Kier molecular flexibility index (Phi) is 6.67. The number of nitrogens with one attached hydrogen (secondary N) is 2. The highest BCUT2D eigenvalue weighted by Gasteiger charge is 2.25. The Morgan fingerprint density at radius 3 is 2.42 bits per heavy atom. The highest BCUT2D eigenvalue weighted by Crippen LogP contribution is 2.28. The van der Waals surface area contributed by atoms with Crippen LogP contribution in [0.5, 0.6) is 0 Å². The van der Waals surface area contributed by atoms with Gasteiger partial charge in [-0.15, -0.1) is 0 Å². The number of carbonyl (C=O) groups is 1. The fourth-order valence-corrected chi connectivity index (χ4v) is 4.22. The first-order valence-corrected chi connectivity index (χ1v) is 11.0. The molecule has 0 radical (unpaired) electrons. The summed E-state index contributed by atoms with van der Waals surface area (Å²) in [5.74, 6) is -3.14. The van der Waals surface area contributed by atoms with Crippen LogP contribution in [0.2, 0.25) is 0 Å². The summed E-state index contributed by atoms with van der Waals surface area (Å²) in [5.41, 5.74) is -0.0117. The van der Waals surface area contributed by atoms with Gasteiger partial charge in [-0.1, -0.05) is 12.1 Å². The highest BCUT2D eigenvalue weighted by molar-refractivity contribution is 5.94. The predicted molar refractivity (Wildman–Crippen MR) is 122 cm³/mol. The maximum atomic E-state index is 13.8. The van der Waals surface area contributed by atoms with E-state index in [1.807, 2.05) is 43.3 Å². The van der Waals surface area contributed by atoms with Crippen LogP contribution >= 0.6 is 0 Å². The predicted octanol–water partition coefficient (Wildman–Crippen LogP) is 4.51. The van der Waals surface area contributed by atoms with Gasteiger partial charge in [0.05, 0.1) is 5.52 Å². The van der Waals surface area contributed by atoms with Crippen molar-refractivity contribution in [3.05, 3.63) is 59.4 Å². The molecule has 1 aliphatic rings. The molecule has 4 rings (SSSR count). The molecule has 6 nitrogen and oxygen atoms in total. The first-order valence-electron chi connectivity index (χ1n) is 11.0. The minimum absolute atomic E-state index is 0.168. The summed E-state index contributed by atoms with van der Waals surface area (Å²) in [6, 6.07) is 9.46. The number of hydrogen-bond donors (Lipinski definition) is 2. The van der Waals surface area contributed by atoms with Crippen molar-refractivity contribution < 1.29 is 18.0 Å². The monoisotopic (exact) mass is 457 g/mol. The molecule has 0 spiro atoms. The van der Waals surface area contributed by atoms with Crippen LogP contribution in [0.3, 0.4) is 0 Å². The molecule has 1 fully saturated rings. The van der Waals surface area contributed by atoms with Gasteiger partial charge >= 0.3 is 0 Å². The molecule has 1 aromatic heterocycles. The second-order valence-corrected chi connectivity index (χ2v) is 8.57. The van der Waals surface area contributed by atoms with Crippen molar-refractivity contribution in [2.24, 2.45) is 5.92 Å². The first kappa shape index (κ1) is 22.8. The fraction of sp³-hybridized carbons (Fsp3) is 0.375. The Hall–Kier alpha value is -3.36. The summed E-state index contributed by atoms with van der Waals surface area (Å²) >= 11 is 0. The van der Waals surface area contributed by atoms with Gasteiger partial charge in [-0.2, -0.15) is 4.98 Å². The highest BCUT2D eigenvalue weighted by atomic mass is 19.2. The molecule has 0 bridgehead atoms. The Balaban J connectivity index is 1.34. The van der Waals surface area contributed by atoms with Gasteiger partial charge in [0.15, 0.2) is 11.6 Å². The van der Waals surface area contributed by atoms with Gasteiger partial charge < -0.3 is 15.5 Å². The van der Waals surface area contributed by atoms with E-state index in [4.69, 9.17) is 0 Å². The number of halogens is 3. The molecule has 0 aliphatic heterocycles. The van der Waals surface area contributed by atoms with E-state index in [1.165, 1.54) is 0 Å². The van der Waals surface area contributed by atoms with Crippen LogP contribution < -0.4 is 15.5 Å². The lowest BCUT2D eigenvalue weighted by molar-refractivity contribution is 0.0933. The van der Waals surface area contributed by atoms with Gasteiger partial charge in [0.25, 0.3) is 5.91 Å². The van der Waals surface area contributed by atoms with Crippen molar-refractivity contribution >= 4 is 28.6 Å². The molecule has 1 amide bonds. The third-order valence-electron chi connectivity index (χ3n) is 6.01. The van der Waals surface area contributed by atoms with E-state index in [1.54, 1.807) is 0 Å². The minimum atomic E-state index is -1.46. The minimum Gasteiger partial charge on any atom is -0.362 e. The van der Waals surface area contributed by atoms with E-state index < -0.39 is 28.9 Å². The summed E-state index contributed by atoms with van der Waals surface area (Å²) < 4.78 is 41.0. The van der Waals surface area contributed by atoms with Gasteiger partial charge in [-0.25, -0.2) is 18.2 Å². The van der Waals surface area contributed by atoms with Gasteiger partial charge in [0.1, 0.15) is 17.2 Å². The van der Waals surface area contributed by atoms with E-state index in [0.29, 0.717) is 12.0 Å². The van der Waals surface area contributed by atoms with Crippen LogP contribution in [-0.4, -0.2) is 42.6 Å². The molecule has 1 saturated carbocycles. The lowest BCUT2D eigenvalue weighted by Gasteiger charge is -2.29. The van der Waals surface area contributed by atoms with E-state index in [-0.39, 0.29) is 18.5 Å². The number of carbonyl (C=O) groups excluding carboxylic acids is 1. The molecular formula is C24H26F3N5O. The zero-order valence-corrected chi connectivity index (χ0v) is 18.5. The number of aromatic nitrogens is 2. The molecule has 1 aliphatic carbocycles. The van der Waals surface area contributed by atoms with Crippen molar-refractivity contribution in [1.29, 1.82) is 0 Å². The van der Waals surface area contributed by atoms with Crippen molar-refractivity contribution in [1.82, 2.24) is 15.3 Å². The van der Waals surface area contributed by atoms with Crippen LogP contribution in [0.4, 0.5) is 24.9 Å². The number of rotatable bonds is 6. The molecule has 9 heteroatoms.